The molecule has 0 aliphatic rings. The van der Waals surface area contributed by atoms with E-state index in [0.29, 0.717) is 13.0 Å². The first kappa shape index (κ1) is 19.2. The summed E-state index contributed by atoms with van der Waals surface area (Å²) < 4.78 is 36.3. The van der Waals surface area contributed by atoms with Crippen LogP contribution >= 0.6 is 0 Å². The lowest BCUT2D eigenvalue weighted by atomic mass is 9.87. The largest absolute Gasteiger partial charge is 0.465 e. The van der Waals surface area contributed by atoms with Crippen LogP contribution in [0, 0.1) is 23.5 Å². The van der Waals surface area contributed by atoms with E-state index in [9.17, 15) is 18.4 Å². The zero-order chi connectivity index (χ0) is 17.4. The molecule has 0 bridgehead atoms. The molecule has 0 aromatic heterocycles. The second-order valence-electron chi connectivity index (χ2n) is 5.42. The number of carbonyl (C=O) groups is 2. The molecule has 0 heterocycles. The predicted octanol–water partition coefficient (Wildman–Crippen LogP) is 3.39. The summed E-state index contributed by atoms with van der Waals surface area (Å²) in [4.78, 5) is 24.6. The van der Waals surface area contributed by atoms with Gasteiger partial charge in [0.25, 0.3) is 0 Å². The Hall–Kier alpha value is -1.82. The Labute approximate surface area is 134 Å². The van der Waals surface area contributed by atoms with E-state index in [4.69, 9.17) is 9.47 Å². The molecular weight excluding hydrogens is 306 g/mol. The van der Waals surface area contributed by atoms with E-state index in [-0.39, 0.29) is 24.5 Å². The number of halogens is 2. The van der Waals surface area contributed by atoms with Gasteiger partial charge in [0.2, 0.25) is 0 Å². The molecule has 2 unspecified atom stereocenters. The second kappa shape index (κ2) is 9.35. The quantitative estimate of drug-likeness (QED) is 0.396. The minimum atomic E-state index is -1.12. The lowest BCUT2D eigenvalue weighted by Crippen LogP contribution is -2.28. The van der Waals surface area contributed by atoms with Gasteiger partial charge in [-0.1, -0.05) is 6.92 Å². The lowest BCUT2D eigenvalue weighted by molar-refractivity contribution is -0.146. The molecule has 4 nitrogen and oxygen atoms in total. The van der Waals surface area contributed by atoms with Gasteiger partial charge in [-0.3, -0.25) is 9.59 Å². The summed E-state index contributed by atoms with van der Waals surface area (Å²) in [5.41, 5.74) is -0.0408. The maximum atomic E-state index is 13.3. The van der Waals surface area contributed by atoms with E-state index >= 15 is 0 Å². The molecule has 0 N–H and O–H groups in total. The molecule has 0 radical (unpaired) electrons. The van der Waals surface area contributed by atoms with Gasteiger partial charge in [0, 0.05) is 19.3 Å². The molecule has 0 aliphatic heterocycles. The van der Waals surface area contributed by atoms with Crippen molar-refractivity contribution in [3.8, 4) is 0 Å². The predicted molar refractivity (Wildman–Crippen MR) is 81.1 cm³/mol. The fourth-order valence-electron chi connectivity index (χ4n) is 2.24. The maximum absolute atomic E-state index is 13.3. The molecule has 6 heteroatoms. The maximum Gasteiger partial charge on any atom is 0.316 e. The highest BCUT2D eigenvalue weighted by atomic mass is 19.2. The number of ketones is 1. The van der Waals surface area contributed by atoms with Crippen LogP contribution < -0.4 is 0 Å². The van der Waals surface area contributed by atoms with Gasteiger partial charge < -0.3 is 9.47 Å². The van der Waals surface area contributed by atoms with Gasteiger partial charge in [0.1, 0.15) is 5.92 Å². The Morgan fingerprint density at radius 1 is 1.22 bits per heavy atom. The molecule has 1 aromatic rings. The molecule has 1 aromatic carbocycles. The summed E-state index contributed by atoms with van der Waals surface area (Å²) >= 11 is 0. The van der Waals surface area contributed by atoms with Crippen molar-refractivity contribution in [3.63, 3.8) is 0 Å². The topological polar surface area (TPSA) is 52.6 Å². The number of esters is 1. The molecule has 2 atom stereocenters. The molecule has 1 rings (SSSR count). The number of Topliss-reactive ketones (excluding diaryl/α,β-unsaturated/α-hetero) is 1. The third kappa shape index (κ3) is 5.71. The van der Waals surface area contributed by atoms with Crippen LogP contribution in [0.2, 0.25) is 0 Å². The smallest absolute Gasteiger partial charge is 0.316 e. The van der Waals surface area contributed by atoms with Crippen LogP contribution in [0.1, 0.15) is 37.0 Å². The highest BCUT2D eigenvalue weighted by Gasteiger charge is 2.31. The van der Waals surface area contributed by atoms with Crippen molar-refractivity contribution in [2.45, 2.75) is 26.7 Å². The average molecular weight is 328 g/mol. The van der Waals surface area contributed by atoms with Crippen LogP contribution in [-0.2, 0) is 14.3 Å². The number of ether oxygens (including phenoxy) is 2. The van der Waals surface area contributed by atoms with Gasteiger partial charge in [-0.25, -0.2) is 8.78 Å². The van der Waals surface area contributed by atoms with Gasteiger partial charge in [-0.15, -0.1) is 0 Å². The van der Waals surface area contributed by atoms with Gasteiger partial charge in [0.05, 0.1) is 6.61 Å². The Morgan fingerprint density at radius 3 is 2.48 bits per heavy atom. The van der Waals surface area contributed by atoms with E-state index in [2.05, 4.69) is 0 Å². The number of carbonyl (C=O) groups excluding carboxylic acids is 2. The van der Waals surface area contributed by atoms with Crippen molar-refractivity contribution in [2.24, 2.45) is 11.8 Å². The zero-order valence-corrected chi connectivity index (χ0v) is 13.6. The molecular formula is C17H22F2O4. The molecule has 0 saturated carbocycles. The summed E-state index contributed by atoms with van der Waals surface area (Å²) in [6.45, 7) is 4.19. The van der Waals surface area contributed by atoms with Crippen molar-refractivity contribution in [2.75, 3.05) is 20.3 Å². The fourth-order valence-corrected chi connectivity index (χ4v) is 2.24. The van der Waals surface area contributed by atoms with Crippen LogP contribution in [0.3, 0.4) is 0 Å². The third-order valence-electron chi connectivity index (χ3n) is 3.54. The first-order chi connectivity index (χ1) is 10.9. The standard InChI is InChI=1S/C17H22F2O4/c1-4-23-17(21)13(9-11(2)7-8-22-3)16(20)12-5-6-14(18)15(19)10-12/h5-6,10-11,13H,4,7-9H2,1-3H3. The van der Waals surface area contributed by atoms with E-state index in [1.807, 2.05) is 6.92 Å². The third-order valence-corrected chi connectivity index (χ3v) is 3.54. The highest BCUT2D eigenvalue weighted by Crippen LogP contribution is 2.22. The normalized spacial score (nSPS) is 13.4. The molecule has 0 saturated heterocycles. The van der Waals surface area contributed by atoms with Crippen molar-refractivity contribution >= 4 is 11.8 Å². The number of rotatable bonds is 9. The molecule has 0 spiro atoms. The minimum absolute atomic E-state index is 0.0404. The van der Waals surface area contributed by atoms with Crippen molar-refractivity contribution in [3.05, 3.63) is 35.4 Å². The van der Waals surface area contributed by atoms with Crippen LogP contribution in [0.4, 0.5) is 8.78 Å². The number of methoxy groups -OCH3 is 1. The molecule has 0 amide bonds. The Balaban J connectivity index is 2.95. The number of hydrogen-bond acceptors (Lipinski definition) is 4. The number of benzene rings is 1. The van der Waals surface area contributed by atoms with Crippen LogP contribution in [0.5, 0.6) is 0 Å². The van der Waals surface area contributed by atoms with Gasteiger partial charge in [-0.05, 0) is 43.9 Å². The van der Waals surface area contributed by atoms with E-state index in [1.165, 1.54) is 6.07 Å². The number of hydrogen-bond donors (Lipinski definition) is 0. The van der Waals surface area contributed by atoms with Crippen molar-refractivity contribution in [1.29, 1.82) is 0 Å². The first-order valence-corrected chi connectivity index (χ1v) is 7.55. The first-order valence-electron chi connectivity index (χ1n) is 7.55. The summed E-state index contributed by atoms with van der Waals surface area (Å²) in [5.74, 6) is -4.36. The Kier molecular flexibility index (Phi) is 7.81. The lowest BCUT2D eigenvalue weighted by Gasteiger charge is -2.19. The summed E-state index contributed by atoms with van der Waals surface area (Å²) in [6.07, 6.45) is 0.942. The SMILES string of the molecule is CCOC(=O)C(CC(C)CCOC)C(=O)c1ccc(F)c(F)c1. The Morgan fingerprint density at radius 2 is 1.91 bits per heavy atom. The molecule has 23 heavy (non-hydrogen) atoms. The fraction of sp³-hybridized carbons (Fsp3) is 0.529. The van der Waals surface area contributed by atoms with E-state index in [0.717, 1.165) is 12.1 Å². The van der Waals surface area contributed by atoms with E-state index in [1.54, 1.807) is 14.0 Å². The zero-order valence-electron chi connectivity index (χ0n) is 13.6. The summed E-state index contributed by atoms with van der Waals surface area (Å²) in [6, 6.07) is 2.86. The van der Waals surface area contributed by atoms with Crippen LogP contribution in [-0.4, -0.2) is 32.1 Å². The summed E-state index contributed by atoms with van der Waals surface area (Å²) in [5, 5.41) is 0. The average Bonchev–Trinajstić information content (AvgIpc) is 2.52. The summed E-state index contributed by atoms with van der Waals surface area (Å²) in [7, 11) is 1.57. The van der Waals surface area contributed by atoms with Gasteiger partial charge >= 0.3 is 5.97 Å². The van der Waals surface area contributed by atoms with Gasteiger partial charge in [-0.2, -0.15) is 0 Å². The van der Waals surface area contributed by atoms with E-state index < -0.39 is 29.3 Å². The molecule has 0 aliphatic carbocycles. The molecule has 0 fully saturated rings. The van der Waals surface area contributed by atoms with Crippen molar-refractivity contribution in [1.82, 2.24) is 0 Å². The van der Waals surface area contributed by atoms with Gasteiger partial charge in [0.15, 0.2) is 17.4 Å². The second-order valence-corrected chi connectivity index (χ2v) is 5.42. The molecule has 128 valence electrons. The van der Waals surface area contributed by atoms with Crippen LogP contribution in [0.25, 0.3) is 0 Å². The van der Waals surface area contributed by atoms with Crippen molar-refractivity contribution < 1.29 is 27.8 Å². The monoisotopic (exact) mass is 328 g/mol. The minimum Gasteiger partial charge on any atom is -0.465 e. The highest BCUT2D eigenvalue weighted by molar-refractivity contribution is 6.08. The Bertz CT molecular complexity index is 545. The van der Waals surface area contributed by atoms with Crippen LogP contribution in [0.15, 0.2) is 18.2 Å².